The Bertz CT molecular complexity index is 970. The van der Waals surface area contributed by atoms with Gasteiger partial charge in [0.2, 0.25) is 0 Å². The van der Waals surface area contributed by atoms with Gasteiger partial charge in [-0.05, 0) is 31.2 Å². The van der Waals surface area contributed by atoms with Gasteiger partial charge in [0.05, 0.1) is 24.6 Å². The Morgan fingerprint density at radius 3 is 2.85 bits per heavy atom. The number of fused-ring (bicyclic) bond motifs is 1. The summed E-state index contributed by atoms with van der Waals surface area (Å²) >= 11 is 6.04. The van der Waals surface area contributed by atoms with E-state index in [0.29, 0.717) is 41.9 Å². The van der Waals surface area contributed by atoms with Crippen molar-refractivity contribution in [3.8, 4) is 5.69 Å². The Kier molecular flexibility index (Phi) is 4.44. The van der Waals surface area contributed by atoms with Crippen molar-refractivity contribution in [2.45, 2.75) is 13.5 Å². The summed E-state index contributed by atoms with van der Waals surface area (Å²) in [7, 11) is 0. The van der Waals surface area contributed by atoms with Crippen molar-refractivity contribution in [3.63, 3.8) is 0 Å². The second-order valence-corrected chi connectivity index (χ2v) is 6.48. The topological polar surface area (TPSA) is 60.2 Å². The maximum Gasteiger partial charge on any atom is 0.280 e. The number of hydrogen-bond donors (Lipinski definition) is 0. The number of aryl methyl sites for hydroxylation is 1. The summed E-state index contributed by atoms with van der Waals surface area (Å²) in [6, 6.07) is 15.0. The summed E-state index contributed by atoms with van der Waals surface area (Å²) in [5, 5.41) is 9.39. The van der Waals surface area contributed by atoms with Crippen LogP contribution in [0.2, 0.25) is 5.02 Å². The van der Waals surface area contributed by atoms with Crippen molar-refractivity contribution < 1.29 is 9.53 Å². The average molecular weight is 369 g/mol. The fourth-order valence-corrected chi connectivity index (χ4v) is 3.17. The number of halogens is 1. The van der Waals surface area contributed by atoms with Gasteiger partial charge in [0.1, 0.15) is 0 Å². The van der Waals surface area contributed by atoms with Crippen molar-refractivity contribution in [1.82, 2.24) is 15.0 Å². The van der Waals surface area contributed by atoms with Gasteiger partial charge >= 0.3 is 0 Å². The highest BCUT2D eigenvalue weighted by molar-refractivity contribution is 6.30. The molecule has 0 spiro atoms. The maximum atomic E-state index is 13.2. The average Bonchev–Trinajstić information content (AvgIpc) is 2.90. The van der Waals surface area contributed by atoms with Crippen LogP contribution >= 0.6 is 11.6 Å². The number of benzene rings is 2. The molecule has 7 heteroatoms. The van der Waals surface area contributed by atoms with Gasteiger partial charge in [0.25, 0.3) is 5.91 Å². The lowest BCUT2D eigenvalue weighted by Crippen LogP contribution is -2.34. The minimum atomic E-state index is -0.186. The summed E-state index contributed by atoms with van der Waals surface area (Å²) < 4.78 is 5.61. The number of ether oxygens (including phenoxy) is 1. The molecule has 3 aromatic rings. The number of amides is 1. The molecule has 0 saturated heterocycles. The fraction of sp³-hybridized carbons (Fsp3) is 0.211. The molecule has 132 valence electrons. The number of carbonyl (C=O) groups is 1. The molecule has 0 fully saturated rings. The third-order valence-corrected chi connectivity index (χ3v) is 4.50. The Hall–Kier alpha value is -2.70. The van der Waals surface area contributed by atoms with Gasteiger partial charge in [0.15, 0.2) is 5.69 Å². The predicted octanol–water partition coefficient (Wildman–Crippen LogP) is 3.41. The summed E-state index contributed by atoms with van der Waals surface area (Å²) in [5.41, 5.74) is 3.43. The molecule has 1 aliphatic rings. The van der Waals surface area contributed by atoms with Crippen LogP contribution in [0.1, 0.15) is 21.7 Å². The van der Waals surface area contributed by atoms with Gasteiger partial charge in [-0.1, -0.05) is 35.9 Å². The van der Waals surface area contributed by atoms with E-state index in [2.05, 4.69) is 10.2 Å². The first kappa shape index (κ1) is 16.8. The molecule has 1 aromatic heterocycles. The van der Waals surface area contributed by atoms with Gasteiger partial charge in [-0.25, -0.2) is 0 Å². The fourth-order valence-electron chi connectivity index (χ4n) is 2.99. The van der Waals surface area contributed by atoms with Crippen LogP contribution < -0.4 is 4.90 Å². The first-order valence-corrected chi connectivity index (χ1v) is 8.68. The van der Waals surface area contributed by atoms with Crippen LogP contribution in [0.15, 0.2) is 48.5 Å². The molecule has 0 unspecified atom stereocenters. The largest absolute Gasteiger partial charge is 0.375 e. The summed E-state index contributed by atoms with van der Waals surface area (Å²) in [4.78, 5) is 16.3. The minimum absolute atomic E-state index is 0.186. The van der Waals surface area contributed by atoms with E-state index < -0.39 is 0 Å². The van der Waals surface area contributed by atoms with Gasteiger partial charge in [0, 0.05) is 22.8 Å². The second-order valence-electron chi connectivity index (χ2n) is 6.04. The van der Waals surface area contributed by atoms with Crippen molar-refractivity contribution in [2.24, 2.45) is 0 Å². The third-order valence-electron chi connectivity index (χ3n) is 4.27. The zero-order valence-corrected chi connectivity index (χ0v) is 15.0. The molecule has 4 rings (SSSR count). The zero-order valence-electron chi connectivity index (χ0n) is 14.2. The Morgan fingerprint density at radius 1 is 1.15 bits per heavy atom. The first-order valence-electron chi connectivity index (χ1n) is 8.31. The van der Waals surface area contributed by atoms with E-state index in [1.807, 2.05) is 36.4 Å². The number of anilines is 1. The molecule has 6 nitrogen and oxygen atoms in total. The highest BCUT2D eigenvalue weighted by Gasteiger charge is 2.26. The normalized spacial score (nSPS) is 14.0. The van der Waals surface area contributed by atoms with Crippen molar-refractivity contribution in [2.75, 3.05) is 18.1 Å². The summed E-state index contributed by atoms with van der Waals surface area (Å²) in [5.74, 6) is -0.186. The smallest absolute Gasteiger partial charge is 0.280 e. The molecule has 2 heterocycles. The van der Waals surface area contributed by atoms with E-state index in [0.717, 1.165) is 11.3 Å². The van der Waals surface area contributed by atoms with Crippen molar-refractivity contribution in [3.05, 3.63) is 70.5 Å². The molecular weight excluding hydrogens is 352 g/mol. The Morgan fingerprint density at radius 2 is 2.00 bits per heavy atom. The van der Waals surface area contributed by atoms with E-state index in [4.69, 9.17) is 16.3 Å². The van der Waals surface area contributed by atoms with Crippen LogP contribution in [0.3, 0.4) is 0 Å². The van der Waals surface area contributed by atoms with Crippen LogP contribution in [-0.4, -0.2) is 34.1 Å². The lowest BCUT2D eigenvalue weighted by Gasteiger charge is -2.21. The van der Waals surface area contributed by atoms with Crippen LogP contribution in [0.4, 0.5) is 5.69 Å². The number of nitrogens with zero attached hydrogens (tertiary/aromatic N) is 4. The third kappa shape index (κ3) is 3.09. The lowest BCUT2D eigenvalue weighted by atomic mass is 10.1. The molecule has 1 aliphatic heterocycles. The molecule has 2 aromatic carbocycles. The van der Waals surface area contributed by atoms with Crippen molar-refractivity contribution >= 4 is 23.2 Å². The number of rotatable bonds is 2. The number of hydrogen-bond acceptors (Lipinski definition) is 4. The monoisotopic (exact) mass is 368 g/mol. The van der Waals surface area contributed by atoms with E-state index in [1.165, 1.54) is 4.80 Å². The van der Waals surface area contributed by atoms with Crippen LogP contribution in [-0.2, 0) is 11.3 Å². The predicted molar refractivity (Wildman–Crippen MR) is 98.9 cm³/mol. The van der Waals surface area contributed by atoms with Gasteiger partial charge in [-0.3, -0.25) is 4.79 Å². The van der Waals surface area contributed by atoms with E-state index in [1.54, 1.807) is 24.0 Å². The molecular formula is C19H17ClN4O2. The first-order chi connectivity index (χ1) is 12.6. The highest BCUT2D eigenvalue weighted by atomic mass is 35.5. The van der Waals surface area contributed by atoms with E-state index in [-0.39, 0.29) is 5.91 Å². The van der Waals surface area contributed by atoms with Gasteiger partial charge in [-0.15, -0.1) is 5.10 Å². The molecule has 0 N–H and O–H groups in total. The summed E-state index contributed by atoms with van der Waals surface area (Å²) in [6.07, 6.45) is 0. The SMILES string of the molecule is Cc1nn(-c2cccc(Cl)c2)nc1C(=O)N1CCOCc2ccccc21. The van der Waals surface area contributed by atoms with E-state index in [9.17, 15) is 4.79 Å². The van der Waals surface area contributed by atoms with Crippen LogP contribution in [0.5, 0.6) is 0 Å². The zero-order chi connectivity index (χ0) is 18.1. The number of carbonyl (C=O) groups excluding carboxylic acids is 1. The molecule has 0 atom stereocenters. The van der Waals surface area contributed by atoms with Crippen LogP contribution in [0.25, 0.3) is 5.69 Å². The number of para-hydroxylation sites is 1. The molecule has 0 bridgehead atoms. The second kappa shape index (κ2) is 6.90. The van der Waals surface area contributed by atoms with Gasteiger partial charge in [-0.2, -0.15) is 9.90 Å². The Labute approximate surface area is 155 Å². The quantitative estimate of drug-likeness (QED) is 0.695. The number of aromatic nitrogens is 3. The van der Waals surface area contributed by atoms with Crippen LogP contribution in [0, 0.1) is 6.92 Å². The van der Waals surface area contributed by atoms with E-state index >= 15 is 0 Å². The Balaban J connectivity index is 1.71. The van der Waals surface area contributed by atoms with Crippen molar-refractivity contribution in [1.29, 1.82) is 0 Å². The highest BCUT2D eigenvalue weighted by Crippen LogP contribution is 2.25. The molecule has 0 aliphatic carbocycles. The molecule has 1 amide bonds. The minimum Gasteiger partial charge on any atom is -0.375 e. The molecule has 0 saturated carbocycles. The summed E-state index contributed by atoms with van der Waals surface area (Å²) in [6.45, 7) is 3.22. The standard InChI is InChI=1S/C19H17ClN4O2/c1-13-18(22-24(21-13)16-7-4-6-15(20)11-16)19(25)23-9-10-26-12-14-5-2-3-8-17(14)23/h2-8,11H,9-10,12H2,1H3. The lowest BCUT2D eigenvalue weighted by molar-refractivity contribution is 0.0960. The molecule has 0 radical (unpaired) electrons. The molecule has 26 heavy (non-hydrogen) atoms. The maximum absolute atomic E-state index is 13.2. The van der Waals surface area contributed by atoms with Gasteiger partial charge < -0.3 is 9.64 Å².